The molecule has 0 spiro atoms. The first-order chi connectivity index (χ1) is 18.5. The van der Waals surface area contributed by atoms with Gasteiger partial charge in [0.05, 0.1) is 55.1 Å². The van der Waals surface area contributed by atoms with E-state index in [4.69, 9.17) is 14.7 Å². The lowest BCUT2D eigenvalue weighted by Crippen LogP contribution is -2.33. The maximum absolute atomic E-state index is 13.0. The van der Waals surface area contributed by atoms with Gasteiger partial charge in [-0.15, -0.1) is 0 Å². The van der Waals surface area contributed by atoms with E-state index in [1.807, 2.05) is 31.2 Å². The fourth-order valence-electron chi connectivity index (χ4n) is 5.04. The van der Waals surface area contributed by atoms with Gasteiger partial charge in [0.1, 0.15) is 16.9 Å². The number of ether oxygens (including phenoxy) is 1. The molecule has 2 aliphatic rings. The number of aromatic nitrogens is 4. The van der Waals surface area contributed by atoms with Crippen molar-refractivity contribution in [2.45, 2.75) is 38.3 Å². The van der Waals surface area contributed by atoms with E-state index in [0.29, 0.717) is 24.5 Å². The fourth-order valence-corrected chi connectivity index (χ4v) is 5.04. The van der Waals surface area contributed by atoms with Crippen LogP contribution in [-0.4, -0.2) is 45.5 Å². The van der Waals surface area contributed by atoms with E-state index in [1.165, 1.54) is 12.8 Å². The molecule has 3 aromatic heterocycles. The molecule has 0 saturated carbocycles. The van der Waals surface area contributed by atoms with E-state index < -0.39 is 5.41 Å². The van der Waals surface area contributed by atoms with Gasteiger partial charge in [-0.2, -0.15) is 5.26 Å². The Balaban J connectivity index is 1.20. The first kappa shape index (κ1) is 23.9. The minimum Gasteiger partial charge on any atom is -0.375 e. The van der Waals surface area contributed by atoms with Crippen molar-refractivity contribution in [3.63, 3.8) is 0 Å². The van der Waals surface area contributed by atoms with E-state index in [0.717, 1.165) is 52.3 Å². The summed E-state index contributed by atoms with van der Waals surface area (Å²) in [6, 6.07) is 13.5. The Labute approximate surface area is 220 Å². The Hall–Kier alpha value is -4.42. The molecule has 0 bridgehead atoms. The summed E-state index contributed by atoms with van der Waals surface area (Å²) >= 11 is 0. The van der Waals surface area contributed by atoms with Gasteiger partial charge in [0.2, 0.25) is 0 Å². The van der Waals surface area contributed by atoms with Gasteiger partial charge in [0, 0.05) is 30.2 Å². The number of nitriles is 1. The molecule has 9 nitrogen and oxygen atoms in total. The van der Waals surface area contributed by atoms with Crippen molar-refractivity contribution in [1.82, 2.24) is 25.3 Å². The topological polar surface area (TPSA) is 117 Å². The van der Waals surface area contributed by atoms with Gasteiger partial charge in [-0.1, -0.05) is 6.07 Å². The summed E-state index contributed by atoms with van der Waals surface area (Å²) in [5, 5.41) is 13.5. The average molecular weight is 506 g/mol. The molecule has 5 heterocycles. The smallest absolute Gasteiger partial charge is 0.251 e. The predicted molar refractivity (Wildman–Crippen MR) is 142 cm³/mol. The van der Waals surface area contributed by atoms with E-state index >= 15 is 0 Å². The first-order valence-corrected chi connectivity index (χ1v) is 12.8. The van der Waals surface area contributed by atoms with E-state index in [9.17, 15) is 10.1 Å². The van der Waals surface area contributed by atoms with Crippen LogP contribution in [0.25, 0.3) is 22.3 Å². The van der Waals surface area contributed by atoms with Crippen molar-refractivity contribution < 1.29 is 9.53 Å². The number of benzene rings is 1. The van der Waals surface area contributed by atoms with Crippen LogP contribution in [0.4, 0.5) is 5.82 Å². The lowest BCUT2D eigenvalue weighted by atomic mass is 9.79. The third-order valence-electron chi connectivity index (χ3n) is 7.24. The lowest BCUT2D eigenvalue weighted by Gasteiger charge is -2.30. The highest BCUT2D eigenvalue weighted by Crippen LogP contribution is 2.32. The molecular formula is C29H27N7O2. The Kier molecular flexibility index (Phi) is 6.18. The van der Waals surface area contributed by atoms with Crippen LogP contribution in [-0.2, 0) is 23.3 Å². The van der Waals surface area contributed by atoms with Crippen LogP contribution < -0.4 is 10.2 Å². The van der Waals surface area contributed by atoms with Gasteiger partial charge in [-0.05, 0) is 61.2 Å². The van der Waals surface area contributed by atoms with E-state index in [1.54, 1.807) is 30.7 Å². The number of anilines is 1. The second-order valence-electron chi connectivity index (χ2n) is 10.0. The largest absolute Gasteiger partial charge is 0.375 e. The van der Waals surface area contributed by atoms with Crippen LogP contribution in [0.1, 0.15) is 46.9 Å². The number of rotatable bonds is 5. The standard InChI is InChI=1S/C29H27N7O2/c1-29(17-30)18-38-16-21-5-4-19(10-23(21)29)28(37)33-13-22-11-25-20(12-32-22)6-7-24(34-25)26-14-31-15-27(35-26)36-8-2-3-9-36/h4-7,10-12,14-15H,2-3,8-9,13,16,18H2,1H3,(H,33,37)/t29-/m1/s1. The molecule has 1 aromatic carbocycles. The second kappa shape index (κ2) is 9.80. The number of pyridine rings is 2. The number of fused-ring (bicyclic) bond motifs is 2. The lowest BCUT2D eigenvalue weighted by molar-refractivity contribution is 0.0757. The molecule has 0 aliphatic carbocycles. The van der Waals surface area contributed by atoms with Crippen molar-refractivity contribution >= 4 is 22.6 Å². The number of hydrogen-bond acceptors (Lipinski definition) is 8. The molecule has 1 N–H and O–H groups in total. The van der Waals surface area contributed by atoms with Crippen molar-refractivity contribution in [1.29, 1.82) is 5.26 Å². The number of carbonyl (C=O) groups excluding carboxylic acids is 1. The van der Waals surface area contributed by atoms with Gasteiger partial charge in [0.15, 0.2) is 0 Å². The van der Waals surface area contributed by atoms with Crippen LogP contribution in [0, 0.1) is 11.3 Å². The van der Waals surface area contributed by atoms with Gasteiger partial charge in [-0.25, -0.2) is 9.97 Å². The van der Waals surface area contributed by atoms with Crippen LogP contribution in [0.5, 0.6) is 0 Å². The van der Waals surface area contributed by atoms with Crippen molar-refractivity contribution in [2.24, 2.45) is 0 Å². The second-order valence-corrected chi connectivity index (χ2v) is 10.0. The van der Waals surface area contributed by atoms with Gasteiger partial charge in [-0.3, -0.25) is 14.8 Å². The highest BCUT2D eigenvalue weighted by atomic mass is 16.5. The molecule has 6 rings (SSSR count). The molecule has 0 radical (unpaired) electrons. The molecule has 1 amide bonds. The van der Waals surface area contributed by atoms with Crippen molar-refractivity contribution in [3.8, 4) is 17.5 Å². The van der Waals surface area contributed by atoms with E-state index in [-0.39, 0.29) is 12.5 Å². The number of amides is 1. The number of nitrogens with one attached hydrogen (secondary N) is 1. The zero-order chi connectivity index (χ0) is 26.1. The predicted octanol–water partition coefficient (Wildman–Crippen LogP) is 3.93. The molecule has 2 aliphatic heterocycles. The minimum atomic E-state index is -0.772. The van der Waals surface area contributed by atoms with Gasteiger partial charge >= 0.3 is 0 Å². The zero-order valence-electron chi connectivity index (χ0n) is 21.1. The molecule has 190 valence electrons. The maximum atomic E-state index is 13.0. The third kappa shape index (κ3) is 4.55. The Bertz CT molecular complexity index is 1580. The molecule has 9 heteroatoms. The Morgan fingerprint density at radius 3 is 2.82 bits per heavy atom. The molecular weight excluding hydrogens is 478 g/mol. The summed E-state index contributed by atoms with van der Waals surface area (Å²) in [5.74, 6) is 0.655. The molecule has 0 unspecified atom stereocenters. The van der Waals surface area contributed by atoms with Gasteiger partial charge < -0.3 is 15.0 Å². The Morgan fingerprint density at radius 2 is 1.97 bits per heavy atom. The summed E-state index contributed by atoms with van der Waals surface area (Å²) in [5.41, 5.74) is 4.45. The zero-order valence-corrected chi connectivity index (χ0v) is 21.1. The average Bonchev–Trinajstić information content (AvgIpc) is 3.51. The van der Waals surface area contributed by atoms with Crippen LogP contribution in [0.2, 0.25) is 0 Å². The molecule has 1 saturated heterocycles. The minimum absolute atomic E-state index is 0.225. The van der Waals surface area contributed by atoms with Crippen molar-refractivity contribution in [2.75, 3.05) is 24.6 Å². The summed E-state index contributed by atoms with van der Waals surface area (Å²) in [7, 11) is 0. The highest BCUT2D eigenvalue weighted by molar-refractivity contribution is 5.94. The number of nitrogens with zero attached hydrogens (tertiary/aromatic N) is 6. The van der Waals surface area contributed by atoms with Gasteiger partial charge in [0.25, 0.3) is 5.91 Å². The SMILES string of the molecule is C[C@@]1(C#N)COCc2ccc(C(=O)NCc3cc4nc(-c5cncc(N6CCCC6)n5)ccc4cn3)cc21. The molecule has 38 heavy (non-hydrogen) atoms. The maximum Gasteiger partial charge on any atom is 0.251 e. The molecule has 1 fully saturated rings. The summed E-state index contributed by atoms with van der Waals surface area (Å²) in [6.45, 7) is 4.84. The number of hydrogen-bond donors (Lipinski definition) is 1. The Morgan fingerprint density at radius 1 is 1.11 bits per heavy atom. The first-order valence-electron chi connectivity index (χ1n) is 12.8. The summed E-state index contributed by atoms with van der Waals surface area (Å²) in [4.78, 5) is 33.7. The summed E-state index contributed by atoms with van der Waals surface area (Å²) < 4.78 is 5.56. The quantitative estimate of drug-likeness (QED) is 0.434. The third-order valence-corrected chi connectivity index (χ3v) is 7.24. The normalized spacial score (nSPS) is 18.7. The molecule has 4 aromatic rings. The van der Waals surface area contributed by atoms with E-state index in [2.05, 4.69) is 26.3 Å². The van der Waals surface area contributed by atoms with Crippen LogP contribution in [0.15, 0.2) is 55.0 Å². The highest BCUT2D eigenvalue weighted by Gasteiger charge is 2.33. The molecule has 1 atom stereocenters. The summed E-state index contributed by atoms with van der Waals surface area (Å²) in [6.07, 6.45) is 7.65. The fraction of sp³-hybridized carbons (Fsp3) is 0.310. The number of carbonyl (C=O) groups is 1. The monoisotopic (exact) mass is 505 g/mol. The van der Waals surface area contributed by atoms with Crippen molar-refractivity contribution in [3.05, 3.63) is 77.4 Å². The van der Waals surface area contributed by atoms with Crippen LogP contribution >= 0.6 is 0 Å². The van der Waals surface area contributed by atoms with Crippen LogP contribution in [0.3, 0.4) is 0 Å².